The van der Waals surface area contributed by atoms with E-state index in [1.165, 1.54) is 0 Å². The first kappa shape index (κ1) is 60.0. The molecule has 61 heavy (non-hydrogen) atoms. The number of aliphatic hydroxyl groups excluding tert-OH is 14. The molecular formula is C36H75NO24. The molecule has 368 valence electrons. The summed E-state index contributed by atoms with van der Waals surface area (Å²) in [4.78, 5) is 0. The highest BCUT2D eigenvalue weighted by molar-refractivity contribution is 4.65. The number of rotatable bonds is 46. The number of hydrogen-bond acceptors (Lipinski definition) is 25. The Balaban J connectivity index is 3.75. The third-order valence-corrected chi connectivity index (χ3v) is 7.39. The summed E-state index contributed by atoms with van der Waals surface area (Å²) in [6.45, 7) is -3.86. The molecule has 0 spiro atoms. The van der Waals surface area contributed by atoms with Crippen LogP contribution in [-0.2, 0) is 47.4 Å². The molecule has 0 aromatic rings. The first-order chi connectivity index (χ1) is 29.1. The van der Waals surface area contributed by atoms with E-state index in [-0.39, 0.29) is 145 Å². The first-order valence-electron chi connectivity index (χ1n) is 20.0. The molecule has 25 heteroatoms. The zero-order valence-corrected chi connectivity index (χ0v) is 34.7. The Labute approximate surface area is 355 Å². The molecule has 0 heterocycles. The van der Waals surface area contributed by atoms with Crippen LogP contribution >= 0.6 is 0 Å². The maximum atomic E-state index is 10.1. The molecule has 0 amide bonds. The fourth-order valence-corrected chi connectivity index (χ4v) is 4.43. The van der Waals surface area contributed by atoms with Gasteiger partial charge in [-0.3, -0.25) is 0 Å². The fraction of sp³-hybridized carbons (Fsp3) is 1.00. The van der Waals surface area contributed by atoms with Gasteiger partial charge in [-0.15, -0.1) is 0 Å². The van der Waals surface area contributed by atoms with Crippen LogP contribution in [0.1, 0.15) is 0 Å². The van der Waals surface area contributed by atoms with Crippen molar-refractivity contribution < 1.29 is 119 Å². The summed E-state index contributed by atoms with van der Waals surface area (Å²) >= 11 is 0. The van der Waals surface area contributed by atoms with Crippen LogP contribution < -0.4 is 5.32 Å². The number of aliphatic hydroxyl groups is 14. The van der Waals surface area contributed by atoms with Gasteiger partial charge in [0.2, 0.25) is 0 Å². The minimum absolute atomic E-state index is 0.0566. The molecule has 0 aromatic heterocycles. The quantitative estimate of drug-likeness (QED) is 0.0270. The predicted octanol–water partition coefficient (Wildman–Crippen LogP) is -8.94. The minimum Gasteiger partial charge on any atom is -0.394 e. The zero-order chi connectivity index (χ0) is 45.7. The number of ether oxygens (including phenoxy) is 10. The standard InChI is InChI=1S/C36H75NO24/c38-3-27(42)7-54-11-31(46)15-58-19-35(50)23-60-21-33(48)17-56-13-29(44)9-52-5-25(40)1-37-2-26(41)6-53-10-30(45)14-57-18-34(49)22-61-24-36(51)20-59-16-32(47)12-55-8-28(43)4-39/h25-51H,1-24H2. The summed E-state index contributed by atoms with van der Waals surface area (Å²) in [6.07, 6.45) is -12.3. The lowest BCUT2D eigenvalue weighted by molar-refractivity contribution is -0.0834. The van der Waals surface area contributed by atoms with E-state index in [0.29, 0.717) is 0 Å². The smallest absolute Gasteiger partial charge is 0.101 e. The highest BCUT2D eigenvalue weighted by Crippen LogP contribution is 1.99. The van der Waals surface area contributed by atoms with Gasteiger partial charge in [-0.1, -0.05) is 0 Å². The Morgan fingerprint density at radius 1 is 0.213 bits per heavy atom. The van der Waals surface area contributed by atoms with Crippen LogP contribution in [0.5, 0.6) is 0 Å². The fourth-order valence-electron chi connectivity index (χ4n) is 4.43. The van der Waals surface area contributed by atoms with Gasteiger partial charge in [-0.2, -0.15) is 0 Å². The molecule has 0 fully saturated rings. The second-order valence-electron chi connectivity index (χ2n) is 14.2. The average molecular weight is 906 g/mol. The first-order valence-corrected chi connectivity index (χ1v) is 20.0. The molecule has 0 saturated heterocycles. The van der Waals surface area contributed by atoms with Crippen LogP contribution in [0.4, 0.5) is 0 Å². The van der Waals surface area contributed by atoms with Gasteiger partial charge in [-0.25, -0.2) is 0 Å². The molecular weight excluding hydrogens is 830 g/mol. The molecule has 0 aliphatic carbocycles. The van der Waals surface area contributed by atoms with Crippen molar-refractivity contribution in [3.8, 4) is 0 Å². The van der Waals surface area contributed by atoms with E-state index in [4.69, 9.17) is 67.8 Å². The average Bonchev–Trinajstić information content (AvgIpc) is 3.20. The van der Waals surface area contributed by atoms with Crippen LogP contribution in [0.3, 0.4) is 0 Å². The van der Waals surface area contributed by atoms with Crippen molar-refractivity contribution in [1.82, 2.24) is 5.32 Å². The van der Waals surface area contributed by atoms with Crippen LogP contribution in [0.25, 0.3) is 0 Å². The van der Waals surface area contributed by atoms with Crippen LogP contribution in [0.15, 0.2) is 0 Å². The SMILES string of the molecule is OCC(O)COCC(O)COCC(O)COCC(O)COCC(O)COCC(O)CNCC(O)COCC(O)COCC(O)COCC(O)COCC(O)COCC(O)CO. The Kier molecular flexibility index (Phi) is 39.8. The zero-order valence-electron chi connectivity index (χ0n) is 34.7. The maximum Gasteiger partial charge on any atom is 0.101 e. The van der Waals surface area contributed by atoms with Gasteiger partial charge in [0.1, 0.15) is 61.0 Å². The largest absolute Gasteiger partial charge is 0.394 e. The highest BCUT2D eigenvalue weighted by atomic mass is 16.6. The van der Waals surface area contributed by atoms with E-state index in [2.05, 4.69) is 5.32 Å². The Morgan fingerprint density at radius 2 is 0.344 bits per heavy atom. The topological polar surface area (TPSA) is 388 Å². The van der Waals surface area contributed by atoms with Gasteiger partial charge in [-0.05, 0) is 0 Å². The number of nitrogens with one attached hydrogen (secondary N) is 1. The van der Waals surface area contributed by atoms with Crippen LogP contribution in [-0.4, -0.2) is 303 Å². The molecule has 0 rings (SSSR count). The second kappa shape index (κ2) is 40.5. The van der Waals surface area contributed by atoms with Gasteiger partial charge in [0.15, 0.2) is 0 Å². The van der Waals surface area contributed by atoms with Crippen molar-refractivity contribution in [2.45, 2.75) is 73.2 Å². The van der Waals surface area contributed by atoms with Crippen molar-refractivity contribution in [2.75, 3.05) is 158 Å². The monoisotopic (exact) mass is 905 g/mol. The molecule has 0 aromatic carbocycles. The molecule has 0 aliphatic rings. The van der Waals surface area contributed by atoms with E-state index in [0.717, 1.165) is 0 Å². The maximum absolute atomic E-state index is 10.1. The van der Waals surface area contributed by atoms with Gasteiger partial charge >= 0.3 is 0 Å². The lowest BCUT2D eigenvalue weighted by Gasteiger charge is -2.18. The third kappa shape index (κ3) is 40.3. The number of hydrogen-bond donors (Lipinski definition) is 15. The summed E-state index contributed by atoms with van der Waals surface area (Å²) < 4.78 is 51.8. The van der Waals surface area contributed by atoms with Gasteiger partial charge in [0, 0.05) is 13.1 Å². The van der Waals surface area contributed by atoms with Gasteiger partial charge in [0.05, 0.1) is 158 Å². The molecule has 0 aliphatic heterocycles. The molecule has 0 bridgehead atoms. The lowest BCUT2D eigenvalue weighted by atomic mass is 10.3. The lowest BCUT2D eigenvalue weighted by Crippen LogP contribution is -2.38. The van der Waals surface area contributed by atoms with Gasteiger partial charge in [0.25, 0.3) is 0 Å². The van der Waals surface area contributed by atoms with Crippen LogP contribution in [0.2, 0.25) is 0 Å². The summed E-state index contributed by atoms with van der Waals surface area (Å²) in [7, 11) is 0. The molecule has 15 N–H and O–H groups in total. The van der Waals surface area contributed by atoms with Crippen molar-refractivity contribution >= 4 is 0 Å². The summed E-state index contributed by atoms with van der Waals surface area (Å²) in [5.41, 5.74) is 0. The Morgan fingerprint density at radius 3 is 0.492 bits per heavy atom. The van der Waals surface area contributed by atoms with E-state index in [9.17, 15) is 51.1 Å². The minimum atomic E-state index is -1.05. The van der Waals surface area contributed by atoms with Gasteiger partial charge < -0.3 is 124 Å². The van der Waals surface area contributed by atoms with E-state index >= 15 is 0 Å². The Hall–Kier alpha value is -1.00. The van der Waals surface area contributed by atoms with Crippen molar-refractivity contribution in [2.24, 2.45) is 0 Å². The molecule has 12 unspecified atom stereocenters. The summed E-state index contributed by atoms with van der Waals surface area (Å²) in [5.74, 6) is 0. The van der Waals surface area contributed by atoms with Crippen LogP contribution in [0, 0.1) is 0 Å². The summed E-state index contributed by atoms with van der Waals surface area (Å²) in [6, 6.07) is 0. The van der Waals surface area contributed by atoms with E-state index < -0.39 is 86.5 Å². The van der Waals surface area contributed by atoms with E-state index in [1.54, 1.807) is 0 Å². The third-order valence-electron chi connectivity index (χ3n) is 7.39. The van der Waals surface area contributed by atoms with Crippen molar-refractivity contribution in [3.05, 3.63) is 0 Å². The molecule has 12 atom stereocenters. The van der Waals surface area contributed by atoms with E-state index in [1.807, 2.05) is 0 Å². The molecule has 25 nitrogen and oxygen atoms in total. The Bertz CT molecular complexity index is 869. The summed E-state index contributed by atoms with van der Waals surface area (Å²) in [5, 5.41) is 138. The molecule has 0 saturated carbocycles. The van der Waals surface area contributed by atoms with Crippen molar-refractivity contribution in [3.63, 3.8) is 0 Å². The predicted molar refractivity (Wildman–Crippen MR) is 207 cm³/mol. The second-order valence-corrected chi connectivity index (χ2v) is 14.2. The molecule has 0 radical (unpaired) electrons. The highest BCUT2D eigenvalue weighted by Gasteiger charge is 2.16. The normalized spacial score (nSPS) is 18.2. The van der Waals surface area contributed by atoms with Crippen molar-refractivity contribution in [1.29, 1.82) is 0 Å².